The van der Waals surface area contributed by atoms with Gasteiger partial charge in [-0.2, -0.15) is 0 Å². The lowest BCUT2D eigenvalue weighted by molar-refractivity contribution is 0.821. The molecular formula is C18H13N3OS2. The summed E-state index contributed by atoms with van der Waals surface area (Å²) in [5.41, 5.74) is 2.51. The first-order valence-corrected chi connectivity index (χ1v) is 9.28. The molecule has 1 aromatic carbocycles. The molecule has 0 radical (unpaired) electrons. The summed E-state index contributed by atoms with van der Waals surface area (Å²) in [6.45, 7) is 0. The predicted molar refractivity (Wildman–Crippen MR) is 99.0 cm³/mol. The molecule has 0 aliphatic rings. The highest BCUT2D eigenvalue weighted by molar-refractivity contribution is 7.98. The van der Waals surface area contributed by atoms with Crippen molar-refractivity contribution in [2.75, 3.05) is 0 Å². The van der Waals surface area contributed by atoms with E-state index in [2.05, 4.69) is 4.98 Å². The van der Waals surface area contributed by atoms with Gasteiger partial charge in [0.05, 0.1) is 16.9 Å². The van der Waals surface area contributed by atoms with Crippen molar-refractivity contribution in [3.05, 3.63) is 82.2 Å². The molecule has 0 atom stereocenters. The third-order valence-corrected chi connectivity index (χ3v) is 5.40. The summed E-state index contributed by atoms with van der Waals surface area (Å²) in [5, 5.41) is 2.59. The van der Waals surface area contributed by atoms with E-state index in [1.165, 1.54) is 23.1 Å². The van der Waals surface area contributed by atoms with Gasteiger partial charge in [-0.15, -0.1) is 11.3 Å². The van der Waals surface area contributed by atoms with E-state index in [0.29, 0.717) is 15.6 Å². The van der Waals surface area contributed by atoms with Gasteiger partial charge >= 0.3 is 0 Å². The average molecular weight is 351 g/mol. The molecule has 0 N–H and O–H groups in total. The molecule has 24 heavy (non-hydrogen) atoms. The van der Waals surface area contributed by atoms with E-state index in [4.69, 9.17) is 4.98 Å². The minimum Gasteiger partial charge on any atom is -0.267 e. The molecule has 0 saturated carbocycles. The van der Waals surface area contributed by atoms with Crippen molar-refractivity contribution in [1.29, 1.82) is 0 Å². The zero-order chi connectivity index (χ0) is 16.4. The third kappa shape index (κ3) is 2.86. The van der Waals surface area contributed by atoms with Gasteiger partial charge in [0.2, 0.25) is 0 Å². The molecule has 0 aliphatic carbocycles. The Morgan fingerprint density at radius 3 is 2.67 bits per heavy atom. The Bertz CT molecular complexity index is 1030. The van der Waals surface area contributed by atoms with Crippen LogP contribution in [0.1, 0.15) is 5.69 Å². The maximum Gasteiger partial charge on any atom is 0.276 e. The minimum atomic E-state index is -0.0234. The summed E-state index contributed by atoms with van der Waals surface area (Å²) in [6.07, 6.45) is 1.77. The van der Waals surface area contributed by atoms with Crippen LogP contribution in [0.5, 0.6) is 0 Å². The van der Waals surface area contributed by atoms with Crippen LogP contribution in [0.4, 0.5) is 0 Å². The number of benzene rings is 1. The number of pyridine rings is 1. The fourth-order valence-corrected chi connectivity index (χ4v) is 4.10. The lowest BCUT2D eigenvalue weighted by atomic mass is 10.3. The van der Waals surface area contributed by atoms with E-state index in [1.54, 1.807) is 10.8 Å². The molecule has 0 unspecified atom stereocenters. The van der Waals surface area contributed by atoms with Crippen molar-refractivity contribution in [3.8, 4) is 5.69 Å². The highest BCUT2D eigenvalue weighted by Crippen LogP contribution is 2.25. The Balaban J connectivity index is 1.82. The number of aromatic nitrogens is 3. The van der Waals surface area contributed by atoms with Crippen molar-refractivity contribution in [2.45, 2.75) is 10.9 Å². The molecule has 4 nitrogen and oxygen atoms in total. The Kier molecular flexibility index (Phi) is 4.15. The molecule has 6 heteroatoms. The Morgan fingerprint density at radius 1 is 1.04 bits per heavy atom. The summed E-state index contributed by atoms with van der Waals surface area (Å²) in [5.74, 6) is 0.662. The van der Waals surface area contributed by atoms with Crippen LogP contribution in [0.25, 0.3) is 15.9 Å². The number of thioether (sulfide) groups is 1. The van der Waals surface area contributed by atoms with Crippen LogP contribution in [0.2, 0.25) is 0 Å². The zero-order valence-corrected chi connectivity index (χ0v) is 14.3. The number of hydrogen-bond acceptors (Lipinski definition) is 5. The molecule has 3 heterocycles. The molecule has 4 rings (SSSR count). The summed E-state index contributed by atoms with van der Waals surface area (Å²) in [4.78, 5) is 22.0. The van der Waals surface area contributed by atoms with E-state index in [-0.39, 0.29) is 5.56 Å². The monoisotopic (exact) mass is 351 g/mol. The lowest BCUT2D eigenvalue weighted by Gasteiger charge is -2.11. The summed E-state index contributed by atoms with van der Waals surface area (Å²) >= 11 is 2.95. The van der Waals surface area contributed by atoms with Crippen LogP contribution < -0.4 is 5.56 Å². The highest BCUT2D eigenvalue weighted by atomic mass is 32.2. The second kappa shape index (κ2) is 6.59. The van der Waals surface area contributed by atoms with Crippen molar-refractivity contribution in [2.24, 2.45) is 0 Å². The number of nitrogens with zero attached hydrogens (tertiary/aromatic N) is 3. The smallest absolute Gasteiger partial charge is 0.267 e. The molecule has 0 saturated heterocycles. The normalized spacial score (nSPS) is 11.0. The van der Waals surface area contributed by atoms with Gasteiger partial charge in [-0.3, -0.25) is 14.3 Å². The standard InChI is InChI=1S/C18H13N3OS2/c22-17-16-15(9-11-23-16)20-18(21(17)14-7-2-1-3-8-14)24-12-13-6-4-5-10-19-13/h1-11H,12H2. The number of fused-ring (bicyclic) bond motifs is 1. The quantitative estimate of drug-likeness (QED) is 0.410. The first-order chi connectivity index (χ1) is 11.8. The topological polar surface area (TPSA) is 47.8 Å². The predicted octanol–water partition coefficient (Wildman–Crippen LogP) is 4.13. The minimum absolute atomic E-state index is 0.0234. The second-order valence-corrected chi connectivity index (χ2v) is 6.97. The van der Waals surface area contributed by atoms with Gasteiger partial charge in [-0.25, -0.2) is 4.98 Å². The summed E-state index contributed by atoms with van der Waals surface area (Å²) in [7, 11) is 0. The molecule has 0 bridgehead atoms. The Hall–Kier alpha value is -2.44. The first-order valence-electron chi connectivity index (χ1n) is 7.41. The van der Waals surface area contributed by atoms with Crippen molar-refractivity contribution in [1.82, 2.24) is 14.5 Å². The SMILES string of the molecule is O=c1c2sccc2nc(SCc2ccccn2)n1-c1ccccc1. The largest absolute Gasteiger partial charge is 0.276 e. The number of para-hydroxylation sites is 1. The Morgan fingerprint density at radius 2 is 1.88 bits per heavy atom. The molecule has 118 valence electrons. The molecule has 3 aromatic heterocycles. The molecule has 4 aromatic rings. The van der Waals surface area contributed by atoms with Crippen molar-refractivity contribution >= 4 is 33.3 Å². The third-order valence-electron chi connectivity index (χ3n) is 3.54. The molecule has 0 fully saturated rings. The van der Waals surface area contributed by atoms with Crippen molar-refractivity contribution < 1.29 is 0 Å². The highest BCUT2D eigenvalue weighted by Gasteiger charge is 2.14. The van der Waals surface area contributed by atoms with E-state index in [1.807, 2.05) is 60.0 Å². The van der Waals surface area contributed by atoms with Gasteiger partial charge in [-0.1, -0.05) is 36.0 Å². The molecule has 0 spiro atoms. The zero-order valence-electron chi connectivity index (χ0n) is 12.6. The van der Waals surface area contributed by atoms with Crippen LogP contribution in [-0.4, -0.2) is 14.5 Å². The van der Waals surface area contributed by atoms with Gasteiger partial charge < -0.3 is 0 Å². The van der Waals surface area contributed by atoms with Gasteiger partial charge in [0.15, 0.2) is 5.16 Å². The maximum atomic E-state index is 12.9. The van der Waals surface area contributed by atoms with Crippen molar-refractivity contribution in [3.63, 3.8) is 0 Å². The lowest BCUT2D eigenvalue weighted by Crippen LogP contribution is -2.20. The number of rotatable bonds is 4. The van der Waals surface area contributed by atoms with E-state index in [9.17, 15) is 4.79 Å². The fourth-order valence-electron chi connectivity index (χ4n) is 2.42. The number of thiophene rings is 1. The van der Waals surface area contributed by atoms with E-state index < -0.39 is 0 Å². The fraction of sp³-hybridized carbons (Fsp3) is 0.0556. The van der Waals surface area contributed by atoms with Crippen LogP contribution in [0, 0.1) is 0 Å². The van der Waals surface area contributed by atoms with Gasteiger partial charge in [-0.05, 0) is 35.7 Å². The molecule has 0 aliphatic heterocycles. The average Bonchev–Trinajstić information content (AvgIpc) is 3.10. The van der Waals surface area contributed by atoms with E-state index >= 15 is 0 Å². The Labute approximate surface area is 146 Å². The maximum absolute atomic E-state index is 12.9. The van der Waals surface area contributed by atoms with Gasteiger partial charge in [0.25, 0.3) is 5.56 Å². The van der Waals surface area contributed by atoms with Crippen LogP contribution in [-0.2, 0) is 5.75 Å². The van der Waals surface area contributed by atoms with Gasteiger partial charge in [0.1, 0.15) is 4.70 Å². The van der Waals surface area contributed by atoms with Crippen LogP contribution in [0.15, 0.2) is 76.1 Å². The van der Waals surface area contributed by atoms with E-state index in [0.717, 1.165) is 16.9 Å². The van der Waals surface area contributed by atoms with Gasteiger partial charge in [0, 0.05) is 11.9 Å². The summed E-state index contributed by atoms with van der Waals surface area (Å²) < 4.78 is 2.37. The van der Waals surface area contributed by atoms with Crippen LogP contribution >= 0.6 is 23.1 Å². The molecule has 0 amide bonds. The molecular weight excluding hydrogens is 338 g/mol. The second-order valence-electron chi connectivity index (χ2n) is 5.12. The number of hydrogen-bond donors (Lipinski definition) is 0. The van der Waals surface area contributed by atoms with Crippen LogP contribution in [0.3, 0.4) is 0 Å². The first kappa shape index (κ1) is 15.1. The summed E-state index contributed by atoms with van der Waals surface area (Å²) in [6, 6.07) is 17.4.